The minimum absolute atomic E-state index is 0.348. The van der Waals surface area contributed by atoms with Gasteiger partial charge in [0.05, 0.1) is 11.6 Å². The molecule has 0 aromatic heterocycles. The average Bonchev–Trinajstić information content (AvgIpc) is 2.92. The van der Waals surface area contributed by atoms with Gasteiger partial charge in [0, 0.05) is 25.2 Å². The summed E-state index contributed by atoms with van der Waals surface area (Å²) >= 11 is 0. The third-order valence-corrected chi connectivity index (χ3v) is 3.91. The van der Waals surface area contributed by atoms with Gasteiger partial charge in [0.15, 0.2) is 0 Å². The molecule has 1 heterocycles. The molecule has 0 saturated carbocycles. The van der Waals surface area contributed by atoms with E-state index in [4.69, 9.17) is 5.26 Å². The van der Waals surface area contributed by atoms with Crippen LogP contribution in [0.3, 0.4) is 0 Å². The van der Waals surface area contributed by atoms with Crippen LogP contribution in [0.1, 0.15) is 37.8 Å². The fourth-order valence-electron chi connectivity index (χ4n) is 2.66. The van der Waals surface area contributed by atoms with Crippen LogP contribution in [0.5, 0.6) is 0 Å². The van der Waals surface area contributed by atoms with Crippen LogP contribution < -0.4 is 5.32 Å². The molecule has 0 amide bonds. The monoisotopic (exact) mass is 275 g/mol. The molecule has 0 radical (unpaired) electrons. The molecule has 108 valence electrons. The molecule has 1 fully saturated rings. The topological polar surface area (TPSA) is 39.1 Å². The number of nitrogens with one attached hydrogen (secondary N) is 1. The first-order valence-electron chi connectivity index (χ1n) is 7.26. The summed E-state index contributed by atoms with van der Waals surface area (Å²) in [6.07, 6.45) is 2.44. The second-order valence-electron chi connectivity index (χ2n) is 5.73. The second-order valence-corrected chi connectivity index (χ2v) is 5.73. The first-order chi connectivity index (χ1) is 9.60. The summed E-state index contributed by atoms with van der Waals surface area (Å²) in [6, 6.07) is 7.50. The van der Waals surface area contributed by atoms with Crippen LogP contribution >= 0.6 is 0 Å². The molecule has 0 bridgehead atoms. The van der Waals surface area contributed by atoms with Crippen LogP contribution in [0.2, 0.25) is 0 Å². The summed E-state index contributed by atoms with van der Waals surface area (Å²) in [5, 5.41) is 12.6. The van der Waals surface area contributed by atoms with Crippen molar-refractivity contribution >= 4 is 0 Å². The molecular weight excluding hydrogens is 253 g/mol. The Hall–Kier alpha value is -1.44. The van der Waals surface area contributed by atoms with E-state index in [0.717, 1.165) is 18.7 Å². The molecular formula is C16H22FN3. The van der Waals surface area contributed by atoms with Crippen LogP contribution in [-0.4, -0.2) is 30.1 Å². The highest BCUT2D eigenvalue weighted by Crippen LogP contribution is 2.16. The third kappa shape index (κ3) is 3.78. The van der Waals surface area contributed by atoms with Gasteiger partial charge >= 0.3 is 0 Å². The summed E-state index contributed by atoms with van der Waals surface area (Å²) < 4.78 is 13.2. The van der Waals surface area contributed by atoms with Crippen molar-refractivity contribution in [3.63, 3.8) is 0 Å². The lowest BCUT2D eigenvalue weighted by Crippen LogP contribution is -2.40. The highest BCUT2D eigenvalue weighted by molar-refractivity contribution is 5.37. The fraction of sp³-hybridized carbons (Fsp3) is 0.562. The Kier molecular flexibility index (Phi) is 5.11. The highest BCUT2D eigenvalue weighted by Gasteiger charge is 2.20. The van der Waals surface area contributed by atoms with Crippen molar-refractivity contribution in [2.75, 3.05) is 13.1 Å². The van der Waals surface area contributed by atoms with Gasteiger partial charge in [0.2, 0.25) is 0 Å². The van der Waals surface area contributed by atoms with Gasteiger partial charge in [0.1, 0.15) is 5.82 Å². The van der Waals surface area contributed by atoms with Gasteiger partial charge in [-0.25, -0.2) is 4.39 Å². The SMILES string of the molecule is CC(C)N(Cc1ccc(F)cc1C#N)CC1CCCN1. The average molecular weight is 275 g/mol. The number of halogens is 1. The number of benzene rings is 1. The Morgan fingerprint density at radius 3 is 2.90 bits per heavy atom. The third-order valence-electron chi connectivity index (χ3n) is 3.91. The zero-order valence-electron chi connectivity index (χ0n) is 12.2. The summed E-state index contributed by atoms with van der Waals surface area (Å²) in [5.41, 5.74) is 1.34. The van der Waals surface area contributed by atoms with E-state index in [1.807, 2.05) is 0 Å². The molecule has 2 rings (SSSR count). The van der Waals surface area contributed by atoms with Crippen molar-refractivity contribution < 1.29 is 4.39 Å². The Bertz CT molecular complexity index is 487. The lowest BCUT2D eigenvalue weighted by molar-refractivity contribution is 0.194. The summed E-state index contributed by atoms with van der Waals surface area (Å²) in [6.45, 7) is 7.07. The molecule has 1 atom stereocenters. The molecule has 1 saturated heterocycles. The number of nitriles is 1. The molecule has 1 aromatic carbocycles. The van der Waals surface area contributed by atoms with Gasteiger partial charge in [-0.2, -0.15) is 5.26 Å². The maximum absolute atomic E-state index is 13.2. The molecule has 4 heteroatoms. The van der Waals surface area contributed by atoms with E-state index >= 15 is 0 Å². The molecule has 3 nitrogen and oxygen atoms in total. The van der Waals surface area contributed by atoms with Crippen LogP contribution in [0, 0.1) is 17.1 Å². The molecule has 0 aliphatic carbocycles. The number of hydrogen-bond donors (Lipinski definition) is 1. The Labute approximate surface area is 120 Å². The van der Waals surface area contributed by atoms with Gasteiger partial charge < -0.3 is 5.32 Å². The smallest absolute Gasteiger partial charge is 0.124 e. The fourth-order valence-corrected chi connectivity index (χ4v) is 2.66. The van der Waals surface area contributed by atoms with Crippen molar-refractivity contribution in [3.05, 3.63) is 35.1 Å². The Balaban J connectivity index is 2.09. The van der Waals surface area contributed by atoms with Gasteiger partial charge in [-0.05, 0) is 50.9 Å². The predicted octanol–water partition coefficient (Wildman–Crippen LogP) is 2.66. The van der Waals surface area contributed by atoms with E-state index in [9.17, 15) is 4.39 Å². The summed E-state index contributed by atoms with van der Waals surface area (Å²) in [5.74, 6) is -0.348. The second kappa shape index (κ2) is 6.83. The van der Waals surface area contributed by atoms with Gasteiger partial charge in [-0.15, -0.1) is 0 Å². The summed E-state index contributed by atoms with van der Waals surface area (Å²) in [7, 11) is 0. The Morgan fingerprint density at radius 2 is 2.30 bits per heavy atom. The van der Waals surface area contributed by atoms with Crippen molar-refractivity contribution in [1.29, 1.82) is 5.26 Å². The quantitative estimate of drug-likeness (QED) is 0.898. The van der Waals surface area contributed by atoms with E-state index < -0.39 is 0 Å². The molecule has 0 spiro atoms. The maximum atomic E-state index is 13.2. The maximum Gasteiger partial charge on any atom is 0.124 e. The van der Waals surface area contributed by atoms with Gasteiger partial charge in [-0.1, -0.05) is 6.07 Å². The first-order valence-corrected chi connectivity index (χ1v) is 7.26. The largest absolute Gasteiger partial charge is 0.313 e. The number of hydrogen-bond acceptors (Lipinski definition) is 3. The van der Waals surface area contributed by atoms with Crippen molar-refractivity contribution in [1.82, 2.24) is 10.2 Å². The molecule has 20 heavy (non-hydrogen) atoms. The molecule has 1 aliphatic rings. The zero-order chi connectivity index (χ0) is 14.5. The number of nitrogens with zero attached hydrogens (tertiary/aromatic N) is 2. The van der Waals surface area contributed by atoms with Gasteiger partial charge in [-0.3, -0.25) is 4.90 Å². The minimum atomic E-state index is -0.348. The normalized spacial score (nSPS) is 18.7. The van der Waals surface area contributed by atoms with E-state index in [1.165, 1.54) is 25.0 Å². The Morgan fingerprint density at radius 1 is 1.50 bits per heavy atom. The lowest BCUT2D eigenvalue weighted by atomic mass is 10.1. The van der Waals surface area contributed by atoms with E-state index in [0.29, 0.717) is 24.2 Å². The van der Waals surface area contributed by atoms with E-state index in [1.54, 1.807) is 6.07 Å². The minimum Gasteiger partial charge on any atom is -0.313 e. The molecule has 1 aliphatic heterocycles. The lowest BCUT2D eigenvalue weighted by Gasteiger charge is -2.29. The molecule has 1 aromatic rings. The van der Waals surface area contributed by atoms with E-state index in [2.05, 4.69) is 30.1 Å². The first kappa shape index (κ1) is 15.0. The van der Waals surface area contributed by atoms with Gasteiger partial charge in [0.25, 0.3) is 0 Å². The van der Waals surface area contributed by atoms with Crippen molar-refractivity contribution in [2.45, 2.75) is 45.3 Å². The standard InChI is InChI=1S/C16H22FN3/c1-12(2)20(11-16-4-3-7-19-16)10-13-5-6-15(17)8-14(13)9-18/h5-6,8,12,16,19H,3-4,7,10-11H2,1-2H3. The number of rotatable bonds is 5. The van der Waals surface area contributed by atoms with Crippen LogP contribution in [-0.2, 0) is 6.54 Å². The van der Waals surface area contributed by atoms with Crippen LogP contribution in [0.15, 0.2) is 18.2 Å². The van der Waals surface area contributed by atoms with Crippen molar-refractivity contribution in [3.8, 4) is 6.07 Å². The molecule has 1 N–H and O–H groups in total. The van der Waals surface area contributed by atoms with E-state index in [-0.39, 0.29) is 5.82 Å². The van der Waals surface area contributed by atoms with Crippen LogP contribution in [0.25, 0.3) is 0 Å². The zero-order valence-corrected chi connectivity index (χ0v) is 12.2. The predicted molar refractivity (Wildman–Crippen MR) is 77.7 cm³/mol. The summed E-state index contributed by atoms with van der Waals surface area (Å²) in [4.78, 5) is 2.34. The van der Waals surface area contributed by atoms with Crippen LogP contribution in [0.4, 0.5) is 4.39 Å². The highest BCUT2D eigenvalue weighted by atomic mass is 19.1. The van der Waals surface area contributed by atoms with Crippen molar-refractivity contribution in [2.24, 2.45) is 0 Å². The molecule has 1 unspecified atom stereocenters.